The molecule has 0 bridgehead atoms. The van der Waals surface area contributed by atoms with Crippen molar-refractivity contribution in [3.05, 3.63) is 64.2 Å². The number of aldehydes is 1. The molecular weight excluding hydrogens is 274 g/mol. The van der Waals surface area contributed by atoms with Crippen LogP contribution in [0.4, 0.5) is 8.78 Å². The zero-order valence-electron chi connectivity index (χ0n) is 9.70. The number of benzene rings is 2. The van der Waals surface area contributed by atoms with E-state index in [0.29, 0.717) is 11.8 Å². The van der Waals surface area contributed by atoms with Crippen LogP contribution in [0.1, 0.15) is 15.9 Å². The van der Waals surface area contributed by atoms with E-state index in [1.165, 1.54) is 24.3 Å². The number of hydrogen-bond donors (Lipinski definition) is 0. The molecule has 0 heterocycles. The molecule has 0 amide bonds. The van der Waals surface area contributed by atoms with Crippen molar-refractivity contribution in [3.63, 3.8) is 0 Å². The molecule has 2 rings (SSSR count). The quantitative estimate of drug-likeness (QED) is 0.792. The van der Waals surface area contributed by atoms with Crippen LogP contribution in [0, 0.1) is 11.6 Å². The third kappa shape index (κ3) is 3.09. The summed E-state index contributed by atoms with van der Waals surface area (Å²) >= 11 is 5.88. The molecule has 0 aromatic heterocycles. The summed E-state index contributed by atoms with van der Waals surface area (Å²) in [6, 6.07) is 7.98. The molecule has 0 unspecified atom stereocenters. The van der Waals surface area contributed by atoms with Crippen molar-refractivity contribution in [2.24, 2.45) is 0 Å². The summed E-state index contributed by atoms with van der Waals surface area (Å²) in [6.07, 6.45) is 0.645. The molecule has 0 saturated carbocycles. The van der Waals surface area contributed by atoms with Crippen LogP contribution in [0.2, 0.25) is 5.02 Å². The Morgan fingerprint density at radius 1 is 1.16 bits per heavy atom. The van der Waals surface area contributed by atoms with Crippen molar-refractivity contribution in [1.29, 1.82) is 0 Å². The summed E-state index contributed by atoms with van der Waals surface area (Å²) in [6.45, 7) is -0.279. The lowest BCUT2D eigenvalue weighted by molar-refractivity contribution is 0.112. The second-order valence-corrected chi connectivity index (χ2v) is 4.20. The highest BCUT2D eigenvalue weighted by molar-refractivity contribution is 6.32. The van der Waals surface area contributed by atoms with Crippen molar-refractivity contribution < 1.29 is 18.3 Å². The minimum absolute atomic E-state index is 0.168. The Hall–Kier alpha value is -1.94. The fraction of sp³-hybridized carbons (Fsp3) is 0.0714. The van der Waals surface area contributed by atoms with Gasteiger partial charge in [-0.05, 0) is 30.3 Å². The van der Waals surface area contributed by atoms with E-state index >= 15 is 0 Å². The maximum absolute atomic E-state index is 13.4. The lowest BCUT2D eigenvalue weighted by Gasteiger charge is -2.09. The lowest BCUT2D eigenvalue weighted by atomic mass is 10.2. The average Bonchev–Trinajstić information content (AvgIpc) is 2.39. The minimum atomic E-state index is -0.680. The third-order valence-corrected chi connectivity index (χ3v) is 2.82. The van der Waals surface area contributed by atoms with E-state index < -0.39 is 11.6 Å². The average molecular weight is 283 g/mol. The van der Waals surface area contributed by atoms with Crippen LogP contribution in [0.25, 0.3) is 0 Å². The highest BCUT2D eigenvalue weighted by Crippen LogP contribution is 2.26. The molecule has 2 aromatic carbocycles. The van der Waals surface area contributed by atoms with Gasteiger partial charge in [0.05, 0.1) is 10.6 Å². The van der Waals surface area contributed by atoms with Gasteiger partial charge in [0.1, 0.15) is 30.3 Å². The molecule has 0 aliphatic carbocycles. The first-order chi connectivity index (χ1) is 9.11. The van der Waals surface area contributed by atoms with Gasteiger partial charge in [0.25, 0.3) is 0 Å². The molecule has 5 heteroatoms. The van der Waals surface area contributed by atoms with Gasteiger partial charge in [-0.25, -0.2) is 8.78 Å². The first kappa shape index (κ1) is 13.5. The zero-order chi connectivity index (χ0) is 13.8. The summed E-state index contributed by atoms with van der Waals surface area (Å²) in [5.74, 6) is -1.10. The first-order valence-corrected chi connectivity index (χ1v) is 5.80. The van der Waals surface area contributed by atoms with E-state index in [1.54, 1.807) is 0 Å². The predicted octanol–water partition coefficient (Wildman–Crippen LogP) is 4.01. The minimum Gasteiger partial charge on any atom is -0.487 e. The van der Waals surface area contributed by atoms with Gasteiger partial charge in [-0.2, -0.15) is 0 Å². The van der Waals surface area contributed by atoms with Crippen molar-refractivity contribution in [2.75, 3.05) is 0 Å². The summed E-state index contributed by atoms with van der Waals surface area (Å²) in [5, 5.41) is 0.210. The fourth-order valence-electron chi connectivity index (χ4n) is 1.53. The SMILES string of the molecule is O=Cc1ccc(OCc2c(F)cccc2F)c(Cl)c1. The third-order valence-electron chi connectivity index (χ3n) is 2.53. The number of carbonyl (C=O) groups excluding carboxylic acids is 1. The van der Waals surface area contributed by atoms with Crippen LogP contribution >= 0.6 is 11.6 Å². The molecule has 2 nitrogen and oxygen atoms in total. The normalized spacial score (nSPS) is 10.3. The Bertz CT molecular complexity index is 594. The predicted molar refractivity (Wildman–Crippen MR) is 67.5 cm³/mol. The molecule has 0 atom stereocenters. The Morgan fingerprint density at radius 2 is 1.84 bits per heavy atom. The number of ether oxygens (including phenoxy) is 1. The monoisotopic (exact) mass is 282 g/mol. The molecule has 0 spiro atoms. The van der Waals surface area contributed by atoms with Crippen LogP contribution in [0.3, 0.4) is 0 Å². The van der Waals surface area contributed by atoms with Gasteiger partial charge in [0.15, 0.2) is 0 Å². The molecule has 98 valence electrons. The van der Waals surface area contributed by atoms with Gasteiger partial charge < -0.3 is 4.74 Å². The fourth-order valence-corrected chi connectivity index (χ4v) is 1.77. The van der Waals surface area contributed by atoms with E-state index in [4.69, 9.17) is 16.3 Å². The lowest BCUT2D eigenvalue weighted by Crippen LogP contribution is -2.02. The largest absolute Gasteiger partial charge is 0.487 e. The Morgan fingerprint density at radius 3 is 2.42 bits per heavy atom. The van der Waals surface area contributed by atoms with Gasteiger partial charge in [-0.1, -0.05) is 17.7 Å². The molecule has 19 heavy (non-hydrogen) atoms. The summed E-state index contributed by atoms with van der Waals surface area (Å²) in [5.41, 5.74) is 0.229. The van der Waals surface area contributed by atoms with Gasteiger partial charge >= 0.3 is 0 Å². The van der Waals surface area contributed by atoms with Gasteiger partial charge in [0.2, 0.25) is 0 Å². The van der Waals surface area contributed by atoms with Crippen LogP contribution in [0.5, 0.6) is 5.75 Å². The zero-order valence-corrected chi connectivity index (χ0v) is 10.5. The Balaban J connectivity index is 2.17. The molecule has 0 aliphatic heterocycles. The number of carbonyl (C=O) groups is 1. The molecule has 0 saturated heterocycles. The Kier molecular flexibility index (Phi) is 4.12. The number of halogens is 3. The highest BCUT2D eigenvalue weighted by Gasteiger charge is 2.10. The van der Waals surface area contributed by atoms with E-state index in [9.17, 15) is 13.6 Å². The molecule has 2 aromatic rings. The molecule has 0 N–H and O–H groups in total. The maximum Gasteiger partial charge on any atom is 0.150 e. The maximum atomic E-state index is 13.4. The standard InChI is InChI=1S/C14H9ClF2O2/c15-11-6-9(7-18)4-5-14(11)19-8-10-12(16)2-1-3-13(10)17/h1-7H,8H2. The summed E-state index contributed by atoms with van der Waals surface area (Å²) in [7, 11) is 0. The smallest absolute Gasteiger partial charge is 0.150 e. The summed E-state index contributed by atoms with van der Waals surface area (Å²) in [4.78, 5) is 10.5. The first-order valence-electron chi connectivity index (χ1n) is 5.42. The molecule has 0 aliphatic rings. The van der Waals surface area contributed by atoms with E-state index in [1.807, 2.05) is 0 Å². The van der Waals surface area contributed by atoms with Crippen LogP contribution in [0.15, 0.2) is 36.4 Å². The van der Waals surface area contributed by atoms with Gasteiger partial charge in [-0.3, -0.25) is 4.79 Å². The number of hydrogen-bond acceptors (Lipinski definition) is 2. The van der Waals surface area contributed by atoms with Crippen molar-refractivity contribution in [2.45, 2.75) is 6.61 Å². The highest BCUT2D eigenvalue weighted by atomic mass is 35.5. The van der Waals surface area contributed by atoms with Crippen molar-refractivity contribution >= 4 is 17.9 Å². The van der Waals surface area contributed by atoms with Gasteiger partial charge in [0, 0.05) is 5.56 Å². The molecular formula is C14H9ClF2O2. The van der Waals surface area contributed by atoms with Crippen LogP contribution < -0.4 is 4.74 Å². The van der Waals surface area contributed by atoms with Gasteiger partial charge in [-0.15, -0.1) is 0 Å². The van der Waals surface area contributed by atoms with E-state index in [0.717, 1.165) is 12.1 Å². The number of rotatable bonds is 4. The van der Waals surface area contributed by atoms with Crippen molar-refractivity contribution in [1.82, 2.24) is 0 Å². The van der Waals surface area contributed by atoms with Crippen molar-refractivity contribution in [3.8, 4) is 5.75 Å². The van der Waals surface area contributed by atoms with Crippen LogP contribution in [-0.4, -0.2) is 6.29 Å². The second-order valence-electron chi connectivity index (χ2n) is 3.80. The summed E-state index contributed by atoms with van der Waals surface area (Å²) < 4.78 is 32.0. The Labute approximate surface area is 113 Å². The molecule has 0 radical (unpaired) electrons. The van der Waals surface area contributed by atoms with E-state index in [2.05, 4.69) is 0 Å². The second kappa shape index (κ2) is 5.80. The van der Waals surface area contributed by atoms with Crippen LogP contribution in [-0.2, 0) is 6.61 Å². The van der Waals surface area contributed by atoms with E-state index in [-0.39, 0.29) is 22.9 Å². The molecule has 0 fully saturated rings. The topological polar surface area (TPSA) is 26.3 Å².